The van der Waals surface area contributed by atoms with Crippen LogP contribution >= 0.6 is 0 Å². The molecule has 1 aromatic rings. The Hall–Kier alpha value is -2.78. The van der Waals surface area contributed by atoms with Gasteiger partial charge in [-0.1, -0.05) is 58.3 Å². The van der Waals surface area contributed by atoms with Gasteiger partial charge in [-0.25, -0.2) is 13.2 Å². The molecule has 8 nitrogen and oxygen atoms in total. The van der Waals surface area contributed by atoms with Crippen molar-refractivity contribution >= 4 is 15.8 Å². The summed E-state index contributed by atoms with van der Waals surface area (Å²) in [4.78, 5) is 11.3. The Morgan fingerprint density at radius 2 is 1.44 bits per heavy atom. The van der Waals surface area contributed by atoms with Crippen LogP contribution in [0, 0.1) is 0 Å². The van der Waals surface area contributed by atoms with Gasteiger partial charge in [-0.15, -0.1) is 0 Å². The predicted molar refractivity (Wildman–Crippen MR) is 153 cm³/mol. The van der Waals surface area contributed by atoms with Crippen LogP contribution in [0.5, 0.6) is 11.5 Å². The molecule has 2 aliphatic rings. The predicted octanol–water partition coefficient (Wildman–Crippen LogP) is 6.91. The van der Waals surface area contributed by atoms with Crippen LogP contribution in [0.3, 0.4) is 0 Å². The first-order chi connectivity index (χ1) is 18.8. The number of hydrogen-bond acceptors (Lipinski definition) is 7. The van der Waals surface area contributed by atoms with E-state index in [9.17, 15) is 18.3 Å². The molecule has 0 unspecified atom stereocenters. The number of unbranched alkanes of at least 4 members (excludes halogenated alkanes) is 9. The van der Waals surface area contributed by atoms with Crippen LogP contribution in [-0.4, -0.2) is 51.0 Å². The molecule has 0 radical (unpaired) electrons. The molecule has 2 N–H and O–H groups in total. The average molecular weight is 565 g/mol. The highest BCUT2D eigenvalue weighted by Crippen LogP contribution is 2.37. The van der Waals surface area contributed by atoms with E-state index < -0.39 is 15.8 Å². The van der Waals surface area contributed by atoms with Crippen molar-refractivity contribution in [1.29, 1.82) is 0 Å². The van der Waals surface area contributed by atoms with Crippen molar-refractivity contribution in [2.24, 2.45) is 0 Å². The van der Waals surface area contributed by atoms with Crippen LogP contribution in [-0.2, 0) is 19.3 Å². The molecule has 9 heteroatoms. The number of aromatic hydroxyl groups is 1. The van der Waals surface area contributed by atoms with Gasteiger partial charge in [0.1, 0.15) is 27.7 Å². The topological polar surface area (TPSA) is 119 Å². The van der Waals surface area contributed by atoms with Crippen molar-refractivity contribution in [2.45, 2.75) is 84.5 Å². The molecule has 0 spiro atoms. The van der Waals surface area contributed by atoms with Crippen LogP contribution in [0.15, 0.2) is 52.0 Å². The quantitative estimate of drug-likeness (QED) is 0.174. The Kier molecular flexibility index (Phi) is 14.8. The maximum atomic E-state index is 11.8. The number of sulfone groups is 1. The molecule has 3 rings (SSSR count). The van der Waals surface area contributed by atoms with Crippen molar-refractivity contribution in [3.63, 3.8) is 0 Å². The van der Waals surface area contributed by atoms with E-state index in [2.05, 4.69) is 0 Å². The van der Waals surface area contributed by atoms with Crippen LogP contribution in [0.2, 0.25) is 0 Å². The van der Waals surface area contributed by atoms with E-state index in [0.717, 1.165) is 32.5 Å². The largest absolute Gasteiger partial charge is 0.507 e. The lowest BCUT2D eigenvalue weighted by Gasteiger charge is -2.07. The number of fused-ring (bicyclic) bond motifs is 2. The molecule has 0 atom stereocenters. The van der Waals surface area contributed by atoms with Crippen molar-refractivity contribution < 1.29 is 37.6 Å². The van der Waals surface area contributed by atoms with Gasteiger partial charge in [0.05, 0.1) is 18.1 Å². The van der Waals surface area contributed by atoms with Crippen molar-refractivity contribution in [2.75, 3.05) is 26.4 Å². The molecule has 1 aromatic carbocycles. The summed E-state index contributed by atoms with van der Waals surface area (Å²) in [5, 5.41) is 17.9. The van der Waals surface area contributed by atoms with E-state index in [0.29, 0.717) is 34.5 Å². The van der Waals surface area contributed by atoms with Gasteiger partial charge >= 0.3 is 5.97 Å². The number of phenols is 1. The number of ether oxygens (including phenoxy) is 3. The molecule has 218 valence electrons. The number of carbonyl (C=O) groups is 1. The maximum absolute atomic E-state index is 11.8. The highest BCUT2D eigenvalue weighted by atomic mass is 32.2. The van der Waals surface area contributed by atoms with E-state index in [1.807, 2.05) is 13.8 Å². The second-order valence-corrected chi connectivity index (χ2v) is 11.4. The first-order valence-electron chi connectivity index (χ1n) is 14.1. The minimum atomic E-state index is -3.21. The SMILES string of the molecule is CCCOc1ccc(C(=O)O)c(O)c1.CCOCCCCCCCCCCCCOC1=C2C=CC(=C1)S2(=O)=O. The second-order valence-electron chi connectivity index (χ2n) is 9.53. The highest BCUT2D eigenvalue weighted by molar-refractivity contribution is 8.00. The second kappa shape index (κ2) is 17.7. The van der Waals surface area contributed by atoms with Crippen molar-refractivity contribution in [3.8, 4) is 11.5 Å². The highest BCUT2D eigenvalue weighted by Gasteiger charge is 2.35. The number of benzene rings is 1. The van der Waals surface area contributed by atoms with Gasteiger partial charge < -0.3 is 24.4 Å². The molecule has 0 aliphatic carbocycles. The van der Waals surface area contributed by atoms with Gasteiger partial charge in [-0.3, -0.25) is 0 Å². The lowest BCUT2D eigenvalue weighted by atomic mass is 10.1. The summed E-state index contributed by atoms with van der Waals surface area (Å²) in [5.74, 6) is -0.410. The van der Waals surface area contributed by atoms with Gasteiger partial charge in [0.2, 0.25) is 9.84 Å². The molecule has 0 saturated carbocycles. The number of carboxylic acids is 1. The molecule has 39 heavy (non-hydrogen) atoms. The zero-order valence-electron chi connectivity index (χ0n) is 23.3. The third-order valence-electron chi connectivity index (χ3n) is 6.33. The monoisotopic (exact) mass is 564 g/mol. The van der Waals surface area contributed by atoms with Crippen LogP contribution in [0.25, 0.3) is 0 Å². The third-order valence-corrected chi connectivity index (χ3v) is 8.12. The lowest BCUT2D eigenvalue weighted by Crippen LogP contribution is -1.98. The van der Waals surface area contributed by atoms with E-state index in [-0.39, 0.29) is 11.3 Å². The molecular weight excluding hydrogens is 520 g/mol. The Balaban J connectivity index is 0.000000322. The first kappa shape index (κ1) is 32.4. The lowest BCUT2D eigenvalue weighted by molar-refractivity contribution is 0.0693. The molecule has 0 aromatic heterocycles. The fraction of sp³-hybridized carbons (Fsp3) is 0.567. The van der Waals surface area contributed by atoms with Gasteiger partial charge in [0.15, 0.2) is 0 Å². The fourth-order valence-corrected chi connectivity index (χ4v) is 5.56. The molecule has 2 heterocycles. The van der Waals surface area contributed by atoms with Gasteiger partial charge in [-0.2, -0.15) is 0 Å². The van der Waals surface area contributed by atoms with Gasteiger partial charge in [0.25, 0.3) is 0 Å². The zero-order valence-corrected chi connectivity index (χ0v) is 24.1. The zero-order chi connectivity index (χ0) is 28.5. The number of rotatable bonds is 19. The minimum absolute atomic E-state index is 0.117. The Morgan fingerprint density at radius 3 is 1.92 bits per heavy atom. The summed E-state index contributed by atoms with van der Waals surface area (Å²) in [6, 6.07) is 4.15. The fourth-order valence-electron chi connectivity index (χ4n) is 4.17. The molecular formula is C30H44O8S. The Bertz CT molecular complexity index is 1100. The third kappa shape index (κ3) is 11.1. The molecule has 0 amide bonds. The van der Waals surface area contributed by atoms with Gasteiger partial charge in [-0.05, 0) is 50.5 Å². The smallest absolute Gasteiger partial charge is 0.339 e. The number of aromatic carboxylic acids is 1. The summed E-state index contributed by atoms with van der Waals surface area (Å²) in [6.45, 7) is 6.90. The van der Waals surface area contributed by atoms with Crippen molar-refractivity contribution in [3.05, 3.63) is 57.6 Å². The number of carboxylic acid groups (broad SMARTS) is 1. The standard InChI is InChI=1S/C20H32O4S.C10H12O4/c1-2-23-15-11-9-7-5-3-4-6-8-10-12-16-24-19-17-18-13-14-20(19)25(18,21)22;1-2-5-14-7-3-4-8(10(12)13)9(11)6-7/h13-14,17H,2-12,15-16H2,1H3;3-4,6,11H,2,5H2,1H3,(H,12,13). The molecule has 0 fully saturated rings. The Morgan fingerprint density at radius 1 is 0.821 bits per heavy atom. The van der Waals surface area contributed by atoms with Crippen LogP contribution in [0.1, 0.15) is 94.8 Å². The maximum Gasteiger partial charge on any atom is 0.339 e. The number of allylic oxidation sites excluding steroid dienone is 3. The Labute approximate surface area is 233 Å². The van der Waals surface area contributed by atoms with Crippen LogP contribution < -0.4 is 4.74 Å². The summed E-state index contributed by atoms with van der Waals surface area (Å²) < 4.78 is 39.9. The summed E-state index contributed by atoms with van der Waals surface area (Å²) in [5.41, 5.74) is -0.117. The van der Waals surface area contributed by atoms with E-state index in [4.69, 9.17) is 19.3 Å². The van der Waals surface area contributed by atoms with E-state index in [1.165, 1.54) is 69.6 Å². The summed E-state index contributed by atoms with van der Waals surface area (Å²) in [6.07, 6.45) is 18.2. The van der Waals surface area contributed by atoms with Crippen molar-refractivity contribution in [1.82, 2.24) is 0 Å². The summed E-state index contributed by atoms with van der Waals surface area (Å²) >= 11 is 0. The normalized spacial score (nSPS) is 14.7. The molecule has 0 saturated heterocycles. The molecule has 2 bridgehead atoms. The van der Waals surface area contributed by atoms with E-state index in [1.54, 1.807) is 18.2 Å². The average Bonchev–Trinajstić information content (AvgIpc) is 3.33. The minimum Gasteiger partial charge on any atom is -0.507 e. The number of hydrogen-bond donors (Lipinski definition) is 2. The van der Waals surface area contributed by atoms with Gasteiger partial charge in [0, 0.05) is 25.4 Å². The van der Waals surface area contributed by atoms with E-state index >= 15 is 0 Å². The van der Waals surface area contributed by atoms with Crippen LogP contribution in [0.4, 0.5) is 0 Å². The molecule has 2 aliphatic heterocycles. The first-order valence-corrected chi connectivity index (χ1v) is 15.6. The summed E-state index contributed by atoms with van der Waals surface area (Å²) in [7, 11) is -3.21.